The number of amides is 2. The van der Waals surface area contributed by atoms with Gasteiger partial charge in [-0.2, -0.15) is 0 Å². The van der Waals surface area contributed by atoms with E-state index in [1.807, 2.05) is 31.2 Å². The summed E-state index contributed by atoms with van der Waals surface area (Å²) in [6.07, 6.45) is 3.52. The second-order valence-electron chi connectivity index (χ2n) is 7.48. The Labute approximate surface area is 163 Å². The number of nitrogens with zero attached hydrogens (tertiary/aromatic N) is 3. The van der Waals surface area contributed by atoms with Crippen molar-refractivity contribution < 1.29 is 19.1 Å². The Morgan fingerprint density at radius 3 is 2.32 bits per heavy atom. The number of hydrogen-bond donors (Lipinski definition) is 0. The van der Waals surface area contributed by atoms with Gasteiger partial charge in [-0.05, 0) is 31.9 Å². The Kier molecular flexibility index (Phi) is 5.07. The first kappa shape index (κ1) is 18.5. The molecule has 1 aromatic carbocycles. The minimum Gasteiger partial charge on any atom is -0.459 e. The third-order valence-corrected chi connectivity index (χ3v) is 5.68. The van der Waals surface area contributed by atoms with E-state index in [-0.39, 0.29) is 43.2 Å². The number of aromatic nitrogens is 2. The molecule has 2 fully saturated rings. The number of carbonyl (C=O) groups is 3. The summed E-state index contributed by atoms with van der Waals surface area (Å²) in [5.74, 6) is -1.08. The average Bonchev–Trinajstić information content (AvgIpc) is 2.95. The number of benzene rings is 1. The van der Waals surface area contributed by atoms with Crippen LogP contribution in [0.4, 0.5) is 0 Å². The molecule has 2 heterocycles. The van der Waals surface area contributed by atoms with E-state index in [2.05, 4.69) is 9.97 Å². The Bertz CT molecular complexity index is 918. The van der Waals surface area contributed by atoms with Gasteiger partial charge in [-0.25, -0.2) is 9.97 Å². The lowest BCUT2D eigenvalue weighted by molar-refractivity contribution is -0.146. The summed E-state index contributed by atoms with van der Waals surface area (Å²) >= 11 is 0. The first-order chi connectivity index (χ1) is 13.5. The molecule has 7 nitrogen and oxygen atoms in total. The summed E-state index contributed by atoms with van der Waals surface area (Å²) < 4.78 is 5.32. The minimum absolute atomic E-state index is 0.00300. The molecule has 2 atom stereocenters. The van der Waals surface area contributed by atoms with Gasteiger partial charge in [0.15, 0.2) is 0 Å². The molecule has 28 heavy (non-hydrogen) atoms. The number of likely N-dealkylation sites (tertiary alicyclic amines) is 1. The largest absolute Gasteiger partial charge is 0.459 e. The molecule has 146 valence electrons. The predicted molar refractivity (Wildman–Crippen MR) is 101 cm³/mol. The number of para-hydroxylation sites is 2. The number of esters is 1. The molecular weight excluding hydrogens is 358 g/mol. The standard InChI is InChI=1S/C21H23N3O4/c1-13-18(23-17-9-5-4-8-16(17)22-13)12-28-19(25)10-11-24-20(26)14-6-2-3-7-15(14)21(24)27/h4-5,8-9,14-15H,2-3,6-7,10-12H2,1H3/t14-,15-/m0/s1. The summed E-state index contributed by atoms with van der Waals surface area (Å²) in [6.45, 7) is 1.94. The molecule has 0 N–H and O–H groups in total. The minimum atomic E-state index is -0.454. The van der Waals surface area contributed by atoms with E-state index in [0.29, 0.717) is 11.4 Å². The van der Waals surface area contributed by atoms with Crippen molar-refractivity contribution in [3.05, 3.63) is 35.7 Å². The van der Waals surface area contributed by atoms with Gasteiger partial charge in [-0.15, -0.1) is 0 Å². The number of hydrogen-bond acceptors (Lipinski definition) is 6. The van der Waals surface area contributed by atoms with Crippen molar-refractivity contribution >= 4 is 28.8 Å². The Morgan fingerprint density at radius 1 is 1.07 bits per heavy atom. The zero-order valence-electron chi connectivity index (χ0n) is 15.9. The van der Waals surface area contributed by atoms with Crippen LogP contribution in [0.3, 0.4) is 0 Å². The number of ether oxygens (including phenoxy) is 1. The third kappa shape index (κ3) is 3.48. The second-order valence-corrected chi connectivity index (χ2v) is 7.48. The molecule has 0 unspecified atom stereocenters. The first-order valence-corrected chi connectivity index (χ1v) is 9.77. The van der Waals surface area contributed by atoms with E-state index in [1.165, 1.54) is 4.90 Å². The lowest BCUT2D eigenvalue weighted by atomic mass is 9.81. The zero-order chi connectivity index (χ0) is 19.7. The van der Waals surface area contributed by atoms with Crippen molar-refractivity contribution in [2.24, 2.45) is 11.8 Å². The lowest BCUT2D eigenvalue weighted by Gasteiger charge is -2.19. The van der Waals surface area contributed by atoms with Crippen LogP contribution in [0.15, 0.2) is 24.3 Å². The molecule has 4 rings (SSSR count). The molecule has 2 aliphatic rings. The van der Waals surface area contributed by atoms with E-state index in [1.54, 1.807) is 0 Å². The van der Waals surface area contributed by atoms with Crippen LogP contribution in [-0.2, 0) is 25.7 Å². The van der Waals surface area contributed by atoms with Crippen molar-refractivity contribution in [1.29, 1.82) is 0 Å². The van der Waals surface area contributed by atoms with Gasteiger partial charge >= 0.3 is 5.97 Å². The van der Waals surface area contributed by atoms with Gasteiger partial charge < -0.3 is 4.74 Å². The van der Waals surface area contributed by atoms with Crippen LogP contribution in [0, 0.1) is 18.8 Å². The fourth-order valence-electron chi connectivity index (χ4n) is 4.14. The van der Waals surface area contributed by atoms with Gasteiger partial charge in [0.25, 0.3) is 0 Å². The maximum Gasteiger partial charge on any atom is 0.307 e. The SMILES string of the molecule is Cc1nc2ccccc2nc1COC(=O)CCN1C(=O)[C@H]2CCCC[C@@H]2C1=O. The van der Waals surface area contributed by atoms with Crippen LogP contribution >= 0.6 is 0 Å². The predicted octanol–water partition coefficient (Wildman–Crippen LogP) is 2.55. The van der Waals surface area contributed by atoms with Crippen molar-refractivity contribution in [3.63, 3.8) is 0 Å². The van der Waals surface area contributed by atoms with Crippen LogP contribution < -0.4 is 0 Å². The van der Waals surface area contributed by atoms with Gasteiger partial charge in [0.2, 0.25) is 11.8 Å². The second kappa shape index (κ2) is 7.66. The summed E-state index contributed by atoms with van der Waals surface area (Å²) in [6, 6.07) is 7.51. The fraction of sp³-hybridized carbons (Fsp3) is 0.476. The smallest absolute Gasteiger partial charge is 0.307 e. The van der Waals surface area contributed by atoms with E-state index in [4.69, 9.17) is 4.74 Å². The monoisotopic (exact) mass is 381 g/mol. The molecular formula is C21H23N3O4. The number of rotatable bonds is 5. The van der Waals surface area contributed by atoms with E-state index in [9.17, 15) is 14.4 Å². The number of fused-ring (bicyclic) bond motifs is 2. The highest BCUT2D eigenvalue weighted by atomic mass is 16.5. The van der Waals surface area contributed by atoms with E-state index < -0.39 is 5.97 Å². The van der Waals surface area contributed by atoms with Crippen LogP contribution in [0.5, 0.6) is 0 Å². The Balaban J connectivity index is 1.33. The zero-order valence-corrected chi connectivity index (χ0v) is 15.9. The quantitative estimate of drug-likeness (QED) is 0.584. The first-order valence-electron chi connectivity index (χ1n) is 9.77. The molecule has 0 bridgehead atoms. The van der Waals surface area contributed by atoms with E-state index >= 15 is 0 Å². The van der Waals surface area contributed by atoms with Crippen LogP contribution in [-0.4, -0.2) is 39.2 Å². The molecule has 7 heteroatoms. The summed E-state index contributed by atoms with van der Waals surface area (Å²) in [5.41, 5.74) is 2.85. The summed E-state index contributed by atoms with van der Waals surface area (Å²) in [4.78, 5) is 47.3. The Morgan fingerprint density at radius 2 is 1.68 bits per heavy atom. The number of imide groups is 1. The fourth-order valence-corrected chi connectivity index (χ4v) is 4.14. The molecule has 1 aliphatic carbocycles. The molecule has 0 radical (unpaired) electrons. The Hall–Kier alpha value is -2.83. The van der Waals surface area contributed by atoms with Crippen molar-refractivity contribution in [3.8, 4) is 0 Å². The molecule has 1 aliphatic heterocycles. The van der Waals surface area contributed by atoms with Crippen LogP contribution in [0.1, 0.15) is 43.5 Å². The topological polar surface area (TPSA) is 89.5 Å². The molecule has 1 saturated carbocycles. The van der Waals surface area contributed by atoms with Crippen molar-refractivity contribution in [2.75, 3.05) is 6.54 Å². The summed E-state index contributed by atoms with van der Waals surface area (Å²) in [7, 11) is 0. The van der Waals surface area contributed by atoms with Crippen LogP contribution in [0.25, 0.3) is 11.0 Å². The van der Waals surface area contributed by atoms with Gasteiger partial charge in [0.1, 0.15) is 6.61 Å². The molecule has 2 amide bonds. The average molecular weight is 381 g/mol. The number of aryl methyl sites for hydroxylation is 1. The van der Waals surface area contributed by atoms with Gasteiger partial charge in [-0.3, -0.25) is 19.3 Å². The highest BCUT2D eigenvalue weighted by molar-refractivity contribution is 6.05. The highest BCUT2D eigenvalue weighted by Crippen LogP contribution is 2.37. The van der Waals surface area contributed by atoms with E-state index in [0.717, 1.165) is 36.7 Å². The van der Waals surface area contributed by atoms with Crippen LogP contribution in [0.2, 0.25) is 0 Å². The van der Waals surface area contributed by atoms with Crippen molar-refractivity contribution in [1.82, 2.24) is 14.9 Å². The maximum absolute atomic E-state index is 12.4. The van der Waals surface area contributed by atoms with Gasteiger partial charge in [0.05, 0.1) is 40.7 Å². The molecule has 1 saturated heterocycles. The number of carbonyl (C=O) groups excluding carboxylic acids is 3. The molecule has 2 aromatic rings. The maximum atomic E-state index is 12.4. The molecule has 1 aromatic heterocycles. The third-order valence-electron chi connectivity index (χ3n) is 5.68. The van der Waals surface area contributed by atoms with Gasteiger partial charge in [0, 0.05) is 6.54 Å². The normalized spacial score (nSPS) is 21.8. The lowest BCUT2D eigenvalue weighted by Crippen LogP contribution is -2.33. The highest BCUT2D eigenvalue weighted by Gasteiger charge is 2.47. The van der Waals surface area contributed by atoms with Gasteiger partial charge in [-0.1, -0.05) is 25.0 Å². The summed E-state index contributed by atoms with van der Waals surface area (Å²) in [5, 5.41) is 0. The molecule has 0 spiro atoms. The van der Waals surface area contributed by atoms with Crippen molar-refractivity contribution in [2.45, 2.75) is 45.6 Å².